The molecule has 0 aliphatic heterocycles. The first-order valence-electron chi connectivity index (χ1n) is 9.51. The van der Waals surface area contributed by atoms with Crippen molar-refractivity contribution < 1.29 is 49.0 Å². The van der Waals surface area contributed by atoms with E-state index in [0.717, 1.165) is 17.6 Å². The molecule has 1 N–H and O–H groups in total. The molecule has 0 fully saturated rings. The van der Waals surface area contributed by atoms with Crippen molar-refractivity contribution in [2.24, 2.45) is 7.05 Å². The Hall–Kier alpha value is -1.95. The van der Waals surface area contributed by atoms with Crippen LogP contribution in [0.1, 0.15) is 15.9 Å². The normalized spacial score (nSPS) is 11.8. The minimum Gasteiger partial charge on any atom is -0.691 e. The van der Waals surface area contributed by atoms with E-state index in [9.17, 15) is 14.8 Å². The Labute approximate surface area is 223 Å². The van der Waals surface area contributed by atoms with Gasteiger partial charge in [0.15, 0.2) is 5.78 Å². The molecule has 4 aromatic rings. The van der Waals surface area contributed by atoms with Crippen LogP contribution in [0.2, 0.25) is 0 Å². The van der Waals surface area contributed by atoms with Gasteiger partial charge in [-0.05, 0) is 45.3 Å². The molecule has 0 spiro atoms. The van der Waals surface area contributed by atoms with E-state index in [1.807, 2.05) is 18.2 Å². The van der Waals surface area contributed by atoms with Gasteiger partial charge in [0.2, 0.25) is 0 Å². The summed E-state index contributed by atoms with van der Waals surface area (Å²) in [5.41, 5.74) is 4.09. The molecule has 0 atom stereocenters. The van der Waals surface area contributed by atoms with Crippen molar-refractivity contribution in [1.29, 1.82) is 0 Å². The van der Waals surface area contributed by atoms with Crippen LogP contribution in [0.15, 0.2) is 74.8 Å². The summed E-state index contributed by atoms with van der Waals surface area (Å²) in [7, 11) is 1.68. The zero-order valence-corrected chi connectivity index (χ0v) is 22.0. The number of para-hydroxylation sites is 1. The second-order valence-electron chi connectivity index (χ2n) is 7.18. The fourth-order valence-corrected chi connectivity index (χ4v) is 5.21. The van der Waals surface area contributed by atoms with E-state index in [-0.39, 0.29) is 40.9 Å². The van der Waals surface area contributed by atoms with Gasteiger partial charge in [0.05, 0.1) is 39.4 Å². The molecule has 3 aromatic carbocycles. The molecule has 5 rings (SSSR count). The summed E-state index contributed by atoms with van der Waals surface area (Å²) in [5.74, 6) is -0.143. The molecule has 0 unspecified atom stereocenters. The van der Waals surface area contributed by atoms with Gasteiger partial charge in [0, 0.05) is 28.5 Å². The van der Waals surface area contributed by atoms with Crippen molar-refractivity contribution in [3.05, 3.63) is 86.6 Å². The van der Waals surface area contributed by atoms with Crippen LogP contribution in [-0.4, -0.2) is 10.4 Å². The predicted molar refractivity (Wildman–Crippen MR) is 124 cm³/mol. The number of carbonyl (C=O) groups is 1. The first kappa shape index (κ1) is 24.2. The molecule has 0 radical (unpaired) electrons. The van der Waals surface area contributed by atoms with Crippen LogP contribution in [-0.2, 0) is 16.4 Å². The minimum absolute atomic E-state index is 0. The third kappa shape index (κ3) is 4.09. The SMILES string of the molecule is Cn1c(=O)cc2c3c(c(Nc4ccccc4SOO[O-])cc(Br)c31)C(=O)c1ccccc1-2.[Na+]. The molecule has 0 bridgehead atoms. The van der Waals surface area contributed by atoms with E-state index in [0.29, 0.717) is 48.3 Å². The average molecular weight is 533 g/mol. The number of benzene rings is 3. The molecule has 0 saturated heterocycles. The Kier molecular flexibility index (Phi) is 7.13. The van der Waals surface area contributed by atoms with E-state index in [1.165, 1.54) is 4.57 Å². The molecule has 160 valence electrons. The molecule has 1 aliphatic carbocycles. The number of rotatable bonds is 5. The maximum atomic E-state index is 13.6. The Morgan fingerprint density at radius 2 is 1.67 bits per heavy atom. The van der Waals surface area contributed by atoms with Crippen molar-refractivity contribution in [3.63, 3.8) is 0 Å². The minimum atomic E-state index is -0.166. The molecule has 10 heteroatoms. The number of nitrogens with one attached hydrogen (secondary N) is 1. The smallest absolute Gasteiger partial charge is 0.691 e. The molecule has 0 amide bonds. The third-order valence-electron chi connectivity index (χ3n) is 5.45. The van der Waals surface area contributed by atoms with E-state index >= 15 is 0 Å². The van der Waals surface area contributed by atoms with E-state index in [4.69, 9.17) is 0 Å². The summed E-state index contributed by atoms with van der Waals surface area (Å²) in [6.07, 6.45) is 0. The second kappa shape index (κ2) is 9.73. The van der Waals surface area contributed by atoms with Gasteiger partial charge in [0.25, 0.3) is 5.56 Å². The second-order valence-corrected chi connectivity index (χ2v) is 8.77. The summed E-state index contributed by atoms with van der Waals surface area (Å²) < 4.78 is 6.67. The van der Waals surface area contributed by atoms with Gasteiger partial charge in [-0.1, -0.05) is 36.4 Å². The number of pyridine rings is 1. The molecule has 1 aromatic heterocycles. The van der Waals surface area contributed by atoms with Gasteiger partial charge < -0.3 is 15.1 Å². The number of aromatic nitrogens is 1. The van der Waals surface area contributed by atoms with Crippen molar-refractivity contribution in [3.8, 4) is 11.1 Å². The van der Waals surface area contributed by atoms with Crippen LogP contribution in [0.3, 0.4) is 0 Å². The molecule has 1 heterocycles. The monoisotopic (exact) mass is 532 g/mol. The Bertz CT molecular complexity index is 1470. The number of hydrogen-bond donors (Lipinski definition) is 1. The zero-order valence-electron chi connectivity index (χ0n) is 17.5. The number of carbonyl (C=O) groups excluding carboxylic acids is 1. The van der Waals surface area contributed by atoms with E-state index < -0.39 is 0 Å². The van der Waals surface area contributed by atoms with Gasteiger partial charge in [-0.2, -0.15) is 4.33 Å². The zero-order chi connectivity index (χ0) is 22.4. The van der Waals surface area contributed by atoms with Crippen LogP contribution in [0, 0.1) is 0 Å². The first-order valence-corrected chi connectivity index (χ1v) is 11.0. The fourth-order valence-electron chi connectivity index (χ4n) is 4.07. The molecule has 0 saturated carbocycles. The number of nitrogens with zero attached hydrogens (tertiary/aromatic N) is 1. The maximum Gasteiger partial charge on any atom is 1.00 e. The molecular weight excluding hydrogens is 519 g/mol. The summed E-state index contributed by atoms with van der Waals surface area (Å²) in [5, 5.41) is 17.7. The Morgan fingerprint density at radius 1 is 0.970 bits per heavy atom. The number of ketones is 1. The molecule has 33 heavy (non-hydrogen) atoms. The largest absolute Gasteiger partial charge is 1.00 e. The van der Waals surface area contributed by atoms with Crippen LogP contribution in [0.5, 0.6) is 0 Å². The fraction of sp³-hybridized carbons (Fsp3) is 0.0435. The van der Waals surface area contributed by atoms with Crippen molar-refractivity contribution in [2.75, 3.05) is 5.32 Å². The Morgan fingerprint density at radius 3 is 2.42 bits per heavy atom. The summed E-state index contributed by atoms with van der Waals surface area (Å²) in [6.45, 7) is 0. The summed E-state index contributed by atoms with van der Waals surface area (Å²) in [4.78, 5) is 26.9. The number of halogens is 1. The average Bonchev–Trinajstić information content (AvgIpc) is 2.80. The summed E-state index contributed by atoms with van der Waals surface area (Å²) >= 11 is 4.34. The third-order valence-corrected chi connectivity index (χ3v) is 6.72. The summed E-state index contributed by atoms with van der Waals surface area (Å²) in [6, 6.07) is 17.8. The van der Waals surface area contributed by atoms with Gasteiger partial charge in [-0.15, -0.1) is 0 Å². The van der Waals surface area contributed by atoms with Gasteiger partial charge in [-0.3, -0.25) is 14.6 Å². The van der Waals surface area contributed by atoms with Gasteiger partial charge >= 0.3 is 29.6 Å². The van der Waals surface area contributed by atoms with E-state index in [2.05, 4.69) is 30.6 Å². The van der Waals surface area contributed by atoms with Crippen LogP contribution < -0.4 is 45.7 Å². The molecular formula is C23H14BrN2NaO5S. The van der Waals surface area contributed by atoms with Crippen molar-refractivity contribution in [2.45, 2.75) is 4.90 Å². The van der Waals surface area contributed by atoms with Crippen LogP contribution >= 0.6 is 28.0 Å². The molecule has 1 aliphatic rings. The standard InChI is InChI=1S/C23H15BrN2O5S.Na/c1-26-19(27)10-14-12-6-2-3-7-13(12)23(28)21-17(11-15(24)22(26)20(14)21)25-16-8-4-5-9-18(16)32-31-30-29;/h2-11,25,29H,1H3;/q;+1/p-1. The molecule has 7 nitrogen and oxygen atoms in total. The first-order chi connectivity index (χ1) is 15.5. The number of hydrogen-bond acceptors (Lipinski definition) is 7. The Balaban J connectivity index is 0.00000259. The number of anilines is 2. The van der Waals surface area contributed by atoms with Gasteiger partial charge in [0.1, 0.15) is 0 Å². The quantitative estimate of drug-likeness (QED) is 0.159. The number of fused-ring (bicyclic) bond motifs is 2. The maximum absolute atomic E-state index is 13.6. The number of aryl methyl sites for hydroxylation is 1. The topological polar surface area (TPSA) is 92.6 Å². The van der Waals surface area contributed by atoms with Gasteiger partial charge in [-0.25, -0.2) is 0 Å². The van der Waals surface area contributed by atoms with Crippen molar-refractivity contribution >= 4 is 56.0 Å². The predicted octanol–water partition coefficient (Wildman–Crippen LogP) is 1.49. The van der Waals surface area contributed by atoms with Crippen molar-refractivity contribution in [1.82, 2.24) is 4.57 Å². The van der Waals surface area contributed by atoms with Crippen LogP contribution in [0.4, 0.5) is 11.4 Å². The van der Waals surface area contributed by atoms with Crippen LogP contribution in [0.25, 0.3) is 22.0 Å². The van der Waals surface area contributed by atoms with E-state index in [1.54, 1.807) is 49.5 Å².